The third-order valence-corrected chi connectivity index (χ3v) is 1.03. The Kier molecular flexibility index (Phi) is 4.93. The van der Waals surface area contributed by atoms with Gasteiger partial charge in [0, 0.05) is 0 Å². The van der Waals surface area contributed by atoms with Gasteiger partial charge in [0.25, 0.3) is 0 Å². The molecule has 0 saturated heterocycles. The van der Waals surface area contributed by atoms with Gasteiger partial charge < -0.3 is 0 Å². The molecule has 0 unspecified atom stereocenters. The van der Waals surface area contributed by atoms with Crippen molar-refractivity contribution in [3.8, 4) is 12.3 Å². The van der Waals surface area contributed by atoms with Crippen LogP contribution >= 0.6 is 0 Å². The highest BCUT2D eigenvalue weighted by atomic mass is 19.4. The standard InChI is InChI=1S/C9H9F3O/c1-3-5-8(2)6-4-7-13-9(10,11)12/h1,4-6H,7H2,2H3/b6-4-,8-5-. The van der Waals surface area contributed by atoms with E-state index in [1.54, 1.807) is 6.92 Å². The number of ether oxygens (including phenoxy) is 1. The van der Waals surface area contributed by atoms with Crippen LogP contribution in [-0.4, -0.2) is 13.0 Å². The van der Waals surface area contributed by atoms with E-state index in [4.69, 9.17) is 6.42 Å². The topological polar surface area (TPSA) is 9.23 Å². The molecule has 1 nitrogen and oxygen atoms in total. The lowest BCUT2D eigenvalue weighted by Crippen LogP contribution is -2.12. The fraction of sp³-hybridized carbons (Fsp3) is 0.333. The van der Waals surface area contributed by atoms with Crippen molar-refractivity contribution in [3.05, 3.63) is 23.8 Å². The predicted molar refractivity (Wildman–Crippen MR) is 43.7 cm³/mol. The largest absolute Gasteiger partial charge is 0.522 e. The second-order valence-electron chi connectivity index (χ2n) is 2.21. The first-order chi connectivity index (χ1) is 5.95. The van der Waals surface area contributed by atoms with Crippen molar-refractivity contribution in [1.82, 2.24) is 0 Å². The molecule has 72 valence electrons. The Labute approximate surface area is 74.9 Å². The van der Waals surface area contributed by atoms with Crippen LogP contribution in [-0.2, 0) is 4.74 Å². The van der Waals surface area contributed by atoms with Crippen LogP contribution in [0.4, 0.5) is 13.2 Å². The SMILES string of the molecule is C#C/C=C(C)\C=C/COC(F)(F)F. The predicted octanol–water partition coefficient (Wildman–Crippen LogP) is 2.66. The maximum absolute atomic E-state index is 11.4. The minimum Gasteiger partial charge on any atom is -0.288 e. The van der Waals surface area contributed by atoms with E-state index in [0.29, 0.717) is 5.57 Å². The molecule has 0 rings (SSSR count). The molecule has 0 aliphatic rings. The Hall–Kier alpha value is -1.21. The third-order valence-electron chi connectivity index (χ3n) is 1.03. The van der Waals surface area contributed by atoms with Gasteiger partial charge in [0.2, 0.25) is 0 Å². The summed E-state index contributed by atoms with van der Waals surface area (Å²) in [5, 5.41) is 0. The third kappa shape index (κ3) is 8.70. The van der Waals surface area contributed by atoms with Gasteiger partial charge in [0.05, 0.1) is 6.61 Å². The number of hydrogen-bond acceptors (Lipinski definition) is 1. The van der Waals surface area contributed by atoms with E-state index < -0.39 is 13.0 Å². The summed E-state index contributed by atoms with van der Waals surface area (Å²) in [7, 11) is 0. The molecule has 0 heterocycles. The van der Waals surface area contributed by atoms with Crippen molar-refractivity contribution in [2.45, 2.75) is 13.3 Å². The molecule has 4 heteroatoms. The molecule has 0 atom stereocenters. The summed E-state index contributed by atoms with van der Waals surface area (Å²) in [6.45, 7) is 1.18. The molecule has 0 bridgehead atoms. The van der Waals surface area contributed by atoms with Gasteiger partial charge in [0.1, 0.15) is 0 Å². The van der Waals surface area contributed by atoms with Crippen LogP contribution in [0.15, 0.2) is 23.8 Å². The fourth-order valence-corrected chi connectivity index (χ4v) is 0.556. The number of allylic oxidation sites excluding steroid dienone is 3. The minimum atomic E-state index is -4.58. The minimum absolute atomic E-state index is 0.501. The summed E-state index contributed by atoms with van der Waals surface area (Å²) >= 11 is 0. The van der Waals surface area contributed by atoms with E-state index >= 15 is 0 Å². The van der Waals surface area contributed by atoms with E-state index in [2.05, 4.69) is 10.7 Å². The lowest BCUT2D eigenvalue weighted by molar-refractivity contribution is -0.319. The van der Waals surface area contributed by atoms with E-state index in [9.17, 15) is 13.2 Å². The van der Waals surface area contributed by atoms with E-state index in [1.807, 2.05) is 0 Å². The second-order valence-corrected chi connectivity index (χ2v) is 2.21. The van der Waals surface area contributed by atoms with Crippen LogP contribution in [0.2, 0.25) is 0 Å². The highest BCUT2D eigenvalue weighted by Gasteiger charge is 2.27. The van der Waals surface area contributed by atoms with Crippen molar-refractivity contribution in [2.75, 3.05) is 6.61 Å². The Morgan fingerprint density at radius 2 is 2.15 bits per heavy atom. The van der Waals surface area contributed by atoms with Gasteiger partial charge in [0.15, 0.2) is 0 Å². The van der Waals surface area contributed by atoms with Crippen LogP contribution in [0.1, 0.15) is 6.92 Å². The molecule has 0 spiro atoms. The van der Waals surface area contributed by atoms with E-state index in [-0.39, 0.29) is 0 Å². The van der Waals surface area contributed by atoms with Crippen molar-refractivity contribution >= 4 is 0 Å². The molecule has 0 N–H and O–H groups in total. The highest BCUT2D eigenvalue weighted by Crippen LogP contribution is 2.15. The van der Waals surface area contributed by atoms with Gasteiger partial charge >= 0.3 is 6.36 Å². The summed E-state index contributed by atoms with van der Waals surface area (Å²) in [4.78, 5) is 0. The first-order valence-corrected chi connectivity index (χ1v) is 3.46. The summed E-state index contributed by atoms with van der Waals surface area (Å²) in [6.07, 6.45) is 4.52. The maximum atomic E-state index is 11.4. The van der Waals surface area contributed by atoms with Gasteiger partial charge in [-0.3, -0.25) is 4.74 Å². The molecule has 0 radical (unpaired) electrons. The van der Waals surface area contributed by atoms with Crippen LogP contribution in [0, 0.1) is 12.3 Å². The maximum Gasteiger partial charge on any atom is 0.522 e. The zero-order valence-electron chi connectivity index (χ0n) is 7.06. The van der Waals surface area contributed by atoms with Crippen molar-refractivity contribution in [3.63, 3.8) is 0 Å². The molecule has 0 aromatic rings. The number of terminal acetylenes is 1. The number of rotatable bonds is 3. The van der Waals surface area contributed by atoms with Gasteiger partial charge in [-0.2, -0.15) is 0 Å². The number of halogens is 3. The molecule has 0 fully saturated rings. The monoisotopic (exact) mass is 190 g/mol. The summed E-state index contributed by atoms with van der Waals surface area (Å²) < 4.78 is 37.8. The summed E-state index contributed by atoms with van der Waals surface area (Å²) in [5.74, 6) is 2.25. The first-order valence-electron chi connectivity index (χ1n) is 3.46. The zero-order chi connectivity index (χ0) is 10.3. The van der Waals surface area contributed by atoms with Crippen molar-refractivity contribution in [2.24, 2.45) is 0 Å². The summed E-state index contributed by atoms with van der Waals surface area (Å²) in [5.41, 5.74) is 0.702. The summed E-state index contributed by atoms with van der Waals surface area (Å²) in [6, 6.07) is 0. The van der Waals surface area contributed by atoms with Gasteiger partial charge in [-0.1, -0.05) is 18.1 Å². The van der Waals surface area contributed by atoms with Crippen LogP contribution in [0.3, 0.4) is 0 Å². The van der Waals surface area contributed by atoms with Crippen LogP contribution in [0.25, 0.3) is 0 Å². The van der Waals surface area contributed by atoms with Crippen LogP contribution in [0.5, 0.6) is 0 Å². The molecule has 0 aliphatic heterocycles. The Morgan fingerprint density at radius 1 is 1.54 bits per heavy atom. The highest BCUT2D eigenvalue weighted by molar-refractivity contribution is 5.24. The zero-order valence-corrected chi connectivity index (χ0v) is 7.06. The van der Waals surface area contributed by atoms with Gasteiger partial charge in [-0.05, 0) is 18.6 Å². The normalized spacial score (nSPS) is 13.3. The van der Waals surface area contributed by atoms with Crippen molar-refractivity contribution < 1.29 is 17.9 Å². The fourth-order valence-electron chi connectivity index (χ4n) is 0.556. The lowest BCUT2D eigenvalue weighted by atomic mass is 10.2. The molecule has 0 saturated carbocycles. The van der Waals surface area contributed by atoms with Crippen LogP contribution < -0.4 is 0 Å². The number of alkyl halides is 3. The van der Waals surface area contributed by atoms with E-state index in [1.165, 1.54) is 18.2 Å². The Balaban J connectivity index is 3.79. The molecular weight excluding hydrogens is 181 g/mol. The van der Waals surface area contributed by atoms with Gasteiger partial charge in [-0.25, -0.2) is 0 Å². The molecule has 0 aromatic carbocycles. The molecule has 0 aromatic heterocycles. The Bertz CT molecular complexity index is 243. The first kappa shape index (κ1) is 11.8. The lowest BCUT2D eigenvalue weighted by Gasteiger charge is -2.03. The molecule has 0 amide bonds. The van der Waals surface area contributed by atoms with E-state index in [0.717, 1.165) is 0 Å². The smallest absolute Gasteiger partial charge is 0.288 e. The average molecular weight is 190 g/mol. The molecule has 13 heavy (non-hydrogen) atoms. The molecule has 0 aliphatic carbocycles. The van der Waals surface area contributed by atoms with Crippen molar-refractivity contribution in [1.29, 1.82) is 0 Å². The quantitative estimate of drug-likeness (QED) is 0.491. The Morgan fingerprint density at radius 3 is 2.62 bits per heavy atom. The van der Waals surface area contributed by atoms with Gasteiger partial charge in [-0.15, -0.1) is 19.6 Å². The average Bonchev–Trinajstić information content (AvgIpc) is 1.97. The molecular formula is C9H9F3O. The second kappa shape index (κ2) is 5.44. The number of hydrogen-bond donors (Lipinski definition) is 0.